The third kappa shape index (κ3) is 4.79. The molecule has 2 atom stereocenters. The van der Waals surface area contributed by atoms with Crippen LogP contribution in [0.15, 0.2) is 30.3 Å². The number of hydrogen-bond acceptors (Lipinski definition) is 5. The van der Waals surface area contributed by atoms with Gasteiger partial charge in [0.25, 0.3) is 0 Å². The van der Waals surface area contributed by atoms with Crippen molar-refractivity contribution in [1.29, 1.82) is 0 Å². The van der Waals surface area contributed by atoms with Crippen LogP contribution < -0.4 is 0 Å². The first-order valence-electron chi connectivity index (χ1n) is 9.21. The van der Waals surface area contributed by atoms with Gasteiger partial charge < -0.3 is 14.7 Å². The summed E-state index contributed by atoms with van der Waals surface area (Å²) in [6.45, 7) is 8.78. The second-order valence-electron chi connectivity index (χ2n) is 6.88. The number of carbonyl (C=O) groups excluding carboxylic acids is 1. The van der Waals surface area contributed by atoms with Crippen LogP contribution in [0.5, 0.6) is 0 Å². The monoisotopic (exact) mass is 347 g/mol. The molecule has 2 fully saturated rings. The second-order valence-corrected chi connectivity index (χ2v) is 6.88. The normalized spacial score (nSPS) is 22.6. The van der Waals surface area contributed by atoms with Crippen LogP contribution in [0.2, 0.25) is 0 Å². The van der Waals surface area contributed by atoms with Crippen LogP contribution in [0.4, 0.5) is 0 Å². The summed E-state index contributed by atoms with van der Waals surface area (Å²) >= 11 is 0. The topological polar surface area (TPSA) is 56.2 Å². The molecule has 1 aromatic rings. The van der Waals surface area contributed by atoms with E-state index in [1.54, 1.807) is 0 Å². The minimum absolute atomic E-state index is 0.0784. The third-order valence-electron chi connectivity index (χ3n) is 5.25. The fraction of sp³-hybridized carbons (Fsp3) is 0.632. The largest absolute Gasteiger partial charge is 0.387 e. The van der Waals surface area contributed by atoms with E-state index >= 15 is 0 Å². The van der Waals surface area contributed by atoms with Gasteiger partial charge in [-0.05, 0) is 12.5 Å². The number of morpholine rings is 1. The number of ether oxygens (including phenoxy) is 1. The van der Waals surface area contributed by atoms with Crippen molar-refractivity contribution in [3.05, 3.63) is 35.9 Å². The van der Waals surface area contributed by atoms with Crippen LogP contribution in [0.3, 0.4) is 0 Å². The van der Waals surface area contributed by atoms with E-state index in [4.69, 9.17) is 4.74 Å². The van der Waals surface area contributed by atoms with Crippen molar-refractivity contribution in [2.24, 2.45) is 0 Å². The molecule has 0 aromatic heterocycles. The highest BCUT2D eigenvalue weighted by atomic mass is 16.5. The van der Waals surface area contributed by atoms with Gasteiger partial charge in [0.15, 0.2) is 0 Å². The summed E-state index contributed by atoms with van der Waals surface area (Å²) in [5.41, 5.74) is 0.946. The van der Waals surface area contributed by atoms with Crippen LogP contribution in [0, 0.1) is 0 Å². The first-order chi connectivity index (χ1) is 12.1. The summed E-state index contributed by atoms with van der Waals surface area (Å²) < 4.78 is 5.37. The Hall–Kier alpha value is -1.47. The zero-order chi connectivity index (χ0) is 17.6. The number of aliphatic hydroxyl groups is 1. The highest BCUT2D eigenvalue weighted by Crippen LogP contribution is 2.16. The molecule has 2 aliphatic heterocycles. The number of carbonyl (C=O) groups is 1. The molecule has 0 aliphatic carbocycles. The highest BCUT2D eigenvalue weighted by molar-refractivity contribution is 5.81. The first kappa shape index (κ1) is 18.3. The molecule has 138 valence electrons. The molecular weight excluding hydrogens is 318 g/mol. The second kappa shape index (κ2) is 8.76. The van der Waals surface area contributed by atoms with E-state index in [1.165, 1.54) is 0 Å². The van der Waals surface area contributed by atoms with E-state index in [-0.39, 0.29) is 11.9 Å². The van der Waals surface area contributed by atoms with Crippen molar-refractivity contribution in [3.8, 4) is 0 Å². The van der Waals surface area contributed by atoms with Gasteiger partial charge in [-0.2, -0.15) is 0 Å². The molecule has 1 aromatic carbocycles. The molecular formula is C19H29N3O3. The fourth-order valence-electron chi connectivity index (χ4n) is 3.56. The molecule has 3 rings (SSSR count). The Bertz CT molecular complexity index is 540. The van der Waals surface area contributed by atoms with Gasteiger partial charge in [0.05, 0.1) is 25.4 Å². The number of piperazine rings is 1. The van der Waals surface area contributed by atoms with Crippen molar-refractivity contribution >= 4 is 5.91 Å². The Morgan fingerprint density at radius 1 is 1.08 bits per heavy atom. The Morgan fingerprint density at radius 2 is 1.72 bits per heavy atom. The molecule has 0 saturated carbocycles. The van der Waals surface area contributed by atoms with Crippen molar-refractivity contribution in [2.75, 3.05) is 59.0 Å². The molecule has 25 heavy (non-hydrogen) atoms. The van der Waals surface area contributed by atoms with Gasteiger partial charge in [-0.1, -0.05) is 30.3 Å². The smallest absolute Gasteiger partial charge is 0.239 e. The Kier molecular flexibility index (Phi) is 6.42. The molecule has 2 saturated heterocycles. The van der Waals surface area contributed by atoms with E-state index in [2.05, 4.69) is 9.80 Å². The number of hydrogen-bond donors (Lipinski definition) is 1. The molecule has 1 amide bonds. The quantitative estimate of drug-likeness (QED) is 0.845. The molecule has 0 bridgehead atoms. The molecule has 0 spiro atoms. The van der Waals surface area contributed by atoms with Gasteiger partial charge in [0.2, 0.25) is 5.91 Å². The van der Waals surface area contributed by atoms with Gasteiger partial charge >= 0.3 is 0 Å². The Balaban J connectivity index is 1.45. The Morgan fingerprint density at radius 3 is 2.36 bits per heavy atom. The maximum Gasteiger partial charge on any atom is 0.239 e. The molecule has 1 N–H and O–H groups in total. The summed E-state index contributed by atoms with van der Waals surface area (Å²) in [5, 5.41) is 10.4. The van der Waals surface area contributed by atoms with Gasteiger partial charge in [0, 0.05) is 45.8 Å². The van der Waals surface area contributed by atoms with Crippen molar-refractivity contribution in [2.45, 2.75) is 19.1 Å². The predicted molar refractivity (Wildman–Crippen MR) is 96.3 cm³/mol. The lowest BCUT2D eigenvalue weighted by Gasteiger charge is -2.39. The van der Waals surface area contributed by atoms with E-state index in [0.717, 1.165) is 44.8 Å². The standard InChI is InChI=1S/C19H29N3O3/c1-16(21-11-13-25-14-12-21)19(24)22-9-7-20(8-10-22)15-18(23)17-5-3-2-4-6-17/h2-6,16,18,23H,7-15H2,1H3. The molecule has 6 heteroatoms. The minimum Gasteiger partial charge on any atom is -0.387 e. The first-order valence-corrected chi connectivity index (χ1v) is 9.21. The van der Waals surface area contributed by atoms with Gasteiger partial charge in [0.1, 0.15) is 0 Å². The number of amides is 1. The van der Waals surface area contributed by atoms with Crippen LogP contribution in [0.1, 0.15) is 18.6 Å². The van der Waals surface area contributed by atoms with Gasteiger partial charge in [-0.25, -0.2) is 0 Å². The summed E-state index contributed by atoms with van der Waals surface area (Å²) in [7, 11) is 0. The summed E-state index contributed by atoms with van der Waals surface area (Å²) in [6, 6.07) is 9.68. The number of aliphatic hydroxyl groups excluding tert-OH is 1. The fourth-order valence-corrected chi connectivity index (χ4v) is 3.56. The lowest BCUT2D eigenvalue weighted by atomic mass is 10.1. The summed E-state index contributed by atoms with van der Waals surface area (Å²) in [4.78, 5) is 19.1. The molecule has 2 heterocycles. The van der Waals surface area contributed by atoms with Crippen LogP contribution in [0.25, 0.3) is 0 Å². The SMILES string of the molecule is CC(C(=O)N1CCN(CC(O)c2ccccc2)CC1)N1CCOCC1. The summed E-state index contributed by atoms with van der Waals surface area (Å²) in [6.07, 6.45) is -0.476. The highest BCUT2D eigenvalue weighted by Gasteiger charge is 2.29. The van der Waals surface area contributed by atoms with Gasteiger partial charge in [-0.15, -0.1) is 0 Å². The molecule has 2 unspecified atom stereocenters. The summed E-state index contributed by atoms with van der Waals surface area (Å²) in [5.74, 6) is 0.213. The lowest BCUT2D eigenvalue weighted by molar-refractivity contribution is -0.140. The maximum atomic E-state index is 12.7. The van der Waals surface area contributed by atoms with E-state index < -0.39 is 6.10 Å². The van der Waals surface area contributed by atoms with Crippen LogP contribution in [-0.2, 0) is 9.53 Å². The third-order valence-corrected chi connectivity index (χ3v) is 5.25. The van der Waals surface area contributed by atoms with Crippen molar-refractivity contribution < 1.29 is 14.6 Å². The average molecular weight is 347 g/mol. The van der Waals surface area contributed by atoms with Crippen molar-refractivity contribution in [3.63, 3.8) is 0 Å². The number of nitrogens with zero attached hydrogens (tertiary/aromatic N) is 3. The zero-order valence-corrected chi connectivity index (χ0v) is 15.0. The van der Waals surface area contributed by atoms with E-state index in [9.17, 15) is 9.90 Å². The zero-order valence-electron chi connectivity index (χ0n) is 15.0. The maximum absolute atomic E-state index is 12.7. The Labute approximate surface area is 150 Å². The number of β-amino-alcohol motifs (C(OH)–C–C–N with tert-alkyl or cyclic N) is 1. The number of rotatable bonds is 5. The lowest BCUT2D eigenvalue weighted by Crippen LogP contribution is -2.56. The molecule has 2 aliphatic rings. The predicted octanol–water partition coefficient (Wildman–Crippen LogP) is 0.585. The van der Waals surface area contributed by atoms with E-state index in [1.807, 2.05) is 42.2 Å². The average Bonchev–Trinajstić information content (AvgIpc) is 2.69. The number of benzene rings is 1. The van der Waals surface area contributed by atoms with Crippen LogP contribution >= 0.6 is 0 Å². The van der Waals surface area contributed by atoms with E-state index in [0.29, 0.717) is 19.8 Å². The minimum atomic E-state index is -0.476. The van der Waals surface area contributed by atoms with Gasteiger partial charge in [-0.3, -0.25) is 14.6 Å². The molecule has 6 nitrogen and oxygen atoms in total. The van der Waals surface area contributed by atoms with Crippen molar-refractivity contribution in [1.82, 2.24) is 14.7 Å². The van der Waals surface area contributed by atoms with Crippen LogP contribution in [-0.4, -0.2) is 90.8 Å². The molecule has 0 radical (unpaired) electrons.